The van der Waals surface area contributed by atoms with Crippen LogP contribution in [0.5, 0.6) is 11.6 Å². The molecular formula is C21H28N4O4. The number of aryl methyl sites for hydroxylation is 3. The standard InChI is InChI=1S/C21H28N4O4/c1-15-4-5-18(12-16(15)2)29-14-20(26)22-6-9-28-21-13-19(23-17(3)24-21)25-7-10-27-11-8-25/h4-5,12-13H,6-11,14H2,1-3H3,(H,22,26). The Morgan fingerprint density at radius 1 is 1.10 bits per heavy atom. The number of rotatable bonds is 8. The second kappa shape index (κ2) is 10.1. The van der Waals surface area contributed by atoms with Gasteiger partial charge in [-0.05, 0) is 44.0 Å². The van der Waals surface area contributed by atoms with E-state index in [0.717, 1.165) is 24.5 Å². The van der Waals surface area contributed by atoms with Crippen molar-refractivity contribution in [1.29, 1.82) is 0 Å². The maximum atomic E-state index is 12.0. The smallest absolute Gasteiger partial charge is 0.258 e. The van der Waals surface area contributed by atoms with Crippen molar-refractivity contribution in [3.05, 3.63) is 41.2 Å². The third-order valence-corrected chi connectivity index (χ3v) is 4.66. The molecule has 1 aromatic carbocycles. The van der Waals surface area contributed by atoms with Gasteiger partial charge in [-0.15, -0.1) is 0 Å². The first-order chi connectivity index (χ1) is 14.0. The molecule has 0 saturated carbocycles. The van der Waals surface area contributed by atoms with E-state index in [2.05, 4.69) is 20.2 Å². The van der Waals surface area contributed by atoms with Gasteiger partial charge in [0.2, 0.25) is 5.88 Å². The first kappa shape index (κ1) is 20.9. The number of morpholine rings is 1. The minimum atomic E-state index is -0.195. The molecule has 1 amide bonds. The van der Waals surface area contributed by atoms with Crippen molar-refractivity contribution in [3.63, 3.8) is 0 Å². The Morgan fingerprint density at radius 3 is 2.66 bits per heavy atom. The van der Waals surface area contributed by atoms with E-state index in [1.165, 1.54) is 5.56 Å². The molecule has 156 valence electrons. The summed E-state index contributed by atoms with van der Waals surface area (Å²) in [6, 6.07) is 7.59. The number of aromatic nitrogens is 2. The van der Waals surface area contributed by atoms with E-state index in [0.29, 0.717) is 43.8 Å². The highest BCUT2D eigenvalue weighted by molar-refractivity contribution is 5.77. The predicted molar refractivity (Wildman–Crippen MR) is 110 cm³/mol. The number of ether oxygens (including phenoxy) is 3. The maximum absolute atomic E-state index is 12.0. The summed E-state index contributed by atoms with van der Waals surface area (Å²) in [4.78, 5) is 22.9. The molecule has 29 heavy (non-hydrogen) atoms. The zero-order valence-corrected chi connectivity index (χ0v) is 17.2. The summed E-state index contributed by atoms with van der Waals surface area (Å²) in [5, 5.41) is 2.78. The molecule has 8 nitrogen and oxygen atoms in total. The lowest BCUT2D eigenvalue weighted by molar-refractivity contribution is -0.123. The van der Waals surface area contributed by atoms with Gasteiger partial charge in [0.15, 0.2) is 6.61 Å². The van der Waals surface area contributed by atoms with Gasteiger partial charge in [0.1, 0.15) is 24.0 Å². The van der Waals surface area contributed by atoms with Crippen LogP contribution in [0, 0.1) is 20.8 Å². The van der Waals surface area contributed by atoms with Crippen molar-refractivity contribution in [2.24, 2.45) is 0 Å². The zero-order valence-electron chi connectivity index (χ0n) is 17.2. The summed E-state index contributed by atoms with van der Waals surface area (Å²) in [5.41, 5.74) is 2.32. The molecule has 0 spiro atoms. The molecule has 3 rings (SSSR count). The van der Waals surface area contributed by atoms with E-state index in [-0.39, 0.29) is 12.5 Å². The largest absolute Gasteiger partial charge is 0.484 e. The first-order valence-electron chi connectivity index (χ1n) is 9.79. The van der Waals surface area contributed by atoms with Gasteiger partial charge in [-0.2, -0.15) is 4.98 Å². The molecule has 8 heteroatoms. The summed E-state index contributed by atoms with van der Waals surface area (Å²) in [5.74, 6) is 2.47. The van der Waals surface area contributed by atoms with Crippen molar-refractivity contribution < 1.29 is 19.0 Å². The Bertz CT molecular complexity index is 837. The first-order valence-corrected chi connectivity index (χ1v) is 9.79. The lowest BCUT2D eigenvalue weighted by atomic mass is 10.1. The van der Waals surface area contributed by atoms with Crippen molar-refractivity contribution in [2.75, 3.05) is 51.0 Å². The molecule has 1 aliphatic rings. The van der Waals surface area contributed by atoms with Gasteiger partial charge in [0.25, 0.3) is 5.91 Å². The van der Waals surface area contributed by atoms with Crippen LogP contribution in [0.25, 0.3) is 0 Å². The zero-order chi connectivity index (χ0) is 20.6. The van der Waals surface area contributed by atoms with E-state index in [1.807, 2.05) is 45.0 Å². The molecule has 1 aliphatic heterocycles. The van der Waals surface area contributed by atoms with E-state index in [1.54, 1.807) is 0 Å². The summed E-state index contributed by atoms with van der Waals surface area (Å²) in [6.45, 7) is 9.51. The van der Waals surface area contributed by atoms with Crippen LogP contribution in [0.15, 0.2) is 24.3 Å². The molecule has 0 aliphatic carbocycles. The number of nitrogens with one attached hydrogen (secondary N) is 1. The van der Waals surface area contributed by atoms with Crippen LogP contribution in [0.2, 0.25) is 0 Å². The Morgan fingerprint density at radius 2 is 1.90 bits per heavy atom. The number of carbonyl (C=O) groups is 1. The maximum Gasteiger partial charge on any atom is 0.258 e. The monoisotopic (exact) mass is 400 g/mol. The highest BCUT2D eigenvalue weighted by atomic mass is 16.5. The summed E-state index contributed by atoms with van der Waals surface area (Å²) in [7, 11) is 0. The van der Waals surface area contributed by atoms with Crippen molar-refractivity contribution in [2.45, 2.75) is 20.8 Å². The van der Waals surface area contributed by atoms with Crippen molar-refractivity contribution in [3.8, 4) is 11.6 Å². The fraction of sp³-hybridized carbons (Fsp3) is 0.476. The lowest BCUT2D eigenvalue weighted by Crippen LogP contribution is -2.37. The van der Waals surface area contributed by atoms with Crippen molar-refractivity contribution in [1.82, 2.24) is 15.3 Å². The number of hydrogen-bond acceptors (Lipinski definition) is 7. The van der Waals surface area contributed by atoms with Gasteiger partial charge in [-0.25, -0.2) is 4.98 Å². The topological polar surface area (TPSA) is 85.8 Å². The van der Waals surface area contributed by atoms with Crippen LogP contribution < -0.4 is 19.7 Å². The Hall–Kier alpha value is -2.87. The fourth-order valence-electron chi connectivity index (χ4n) is 2.90. The third-order valence-electron chi connectivity index (χ3n) is 4.66. The quantitative estimate of drug-likeness (QED) is 0.677. The number of anilines is 1. The van der Waals surface area contributed by atoms with Gasteiger partial charge < -0.3 is 24.4 Å². The van der Waals surface area contributed by atoms with Crippen LogP contribution in [-0.4, -0.2) is 61.9 Å². The van der Waals surface area contributed by atoms with Gasteiger partial charge in [-0.3, -0.25) is 4.79 Å². The summed E-state index contributed by atoms with van der Waals surface area (Å²) < 4.78 is 16.6. The molecule has 2 aromatic rings. The number of carbonyl (C=O) groups excluding carboxylic acids is 1. The predicted octanol–water partition coefficient (Wildman–Crippen LogP) is 1.81. The molecule has 1 aromatic heterocycles. The number of hydrogen-bond donors (Lipinski definition) is 1. The third kappa shape index (κ3) is 6.32. The van der Waals surface area contributed by atoms with Crippen LogP contribution in [-0.2, 0) is 9.53 Å². The highest BCUT2D eigenvalue weighted by Gasteiger charge is 2.14. The van der Waals surface area contributed by atoms with Gasteiger partial charge in [-0.1, -0.05) is 6.07 Å². The molecule has 0 radical (unpaired) electrons. The Labute approximate surface area is 171 Å². The SMILES string of the molecule is Cc1nc(OCCNC(=O)COc2ccc(C)c(C)c2)cc(N2CCOCC2)n1. The fourth-order valence-corrected chi connectivity index (χ4v) is 2.90. The lowest BCUT2D eigenvalue weighted by Gasteiger charge is -2.28. The van der Waals surface area contributed by atoms with E-state index >= 15 is 0 Å². The second-order valence-corrected chi connectivity index (χ2v) is 6.94. The molecule has 0 bridgehead atoms. The minimum Gasteiger partial charge on any atom is -0.484 e. The van der Waals surface area contributed by atoms with Crippen LogP contribution in [0.4, 0.5) is 5.82 Å². The van der Waals surface area contributed by atoms with Crippen LogP contribution >= 0.6 is 0 Å². The Kier molecular flexibility index (Phi) is 7.24. The van der Waals surface area contributed by atoms with Crippen LogP contribution in [0.3, 0.4) is 0 Å². The Balaban J connectivity index is 1.41. The molecule has 0 unspecified atom stereocenters. The summed E-state index contributed by atoms with van der Waals surface area (Å²) >= 11 is 0. The van der Waals surface area contributed by atoms with E-state index in [9.17, 15) is 4.79 Å². The second-order valence-electron chi connectivity index (χ2n) is 6.94. The summed E-state index contributed by atoms with van der Waals surface area (Å²) in [6.07, 6.45) is 0. The minimum absolute atomic E-state index is 0.0315. The number of amides is 1. The van der Waals surface area contributed by atoms with Crippen molar-refractivity contribution >= 4 is 11.7 Å². The molecular weight excluding hydrogens is 372 g/mol. The average molecular weight is 400 g/mol. The van der Waals surface area contributed by atoms with E-state index < -0.39 is 0 Å². The molecule has 1 N–H and O–H groups in total. The number of benzene rings is 1. The molecule has 2 heterocycles. The molecule has 0 atom stereocenters. The van der Waals surface area contributed by atoms with Gasteiger partial charge >= 0.3 is 0 Å². The molecule has 1 fully saturated rings. The van der Waals surface area contributed by atoms with E-state index in [4.69, 9.17) is 14.2 Å². The van der Waals surface area contributed by atoms with Gasteiger partial charge in [0, 0.05) is 19.2 Å². The highest BCUT2D eigenvalue weighted by Crippen LogP contribution is 2.18. The normalized spacial score (nSPS) is 13.8. The molecule has 1 saturated heterocycles. The van der Waals surface area contributed by atoms with Crippen LogP contribution in [0.1, 0.15) is 17.0 Å². The van der Waals surface area contributed by atoms with Gasteiger partial charge in [0.05, 0.1) is 19.8 Å². The average Bonchev–Trinajstić information content (AvgIpc) is 2.72. The number of nitrogens with zero attached hydrogens (tertiary/aromatic N) is 3.